The molecule has 5 rings (SSSR count). The highest BCUT2D eigenvalue weighted by Crippen LogP contribution is 2.27. The zero-order valence-electron chi connectivity index (χ0n) is 16.7. The van der Waals surface area contributed by atoms with E-state index in [0.717, 1.165) is 71.7 Å². The highest BCUT2D eigenvalue weighted by atomic mass is 16.4. The second kappa shape index (κ2) is 7.42. The van der Waals surface area contributed by atoms with Crippen LogP contribution in [0.2, 0.25) is 0 Å². The van der Waals surface area contributed by atoms with Crippen LogP contribution in [0.25, 0.3) is 33.3 Å². The average Bonchev–Trinajstić information content (AvgIpc) is 3.17. The predicted octanol–water partition coefficient (Wildman–Crippen LogP) is 3.23. The van der Waals surface area contributed by atoms with Gasteiger partial charge in [-0.2, -0.15) is 4.98 Å². The molecule has 1 saturated heterocycles. The van der Waals surface area contributed by atoms with E-state index in [1.165, 1.54) is 0 Å². The Morgan fingerprint density at radius 2 is 1.69 bits per heavy atom. The Bertz CT molecular complexity index is 1160. The molecule has 1 aliphatic rings. The normalized spacial score (nSPS) is 15.9. The van der Waals surface area contributed by atoms with Gasteiger partial charge in [0.25, 0.3) is 6.01 Å². The Morgan fingerprint density at radius 1 is 0.931 bits per heavy atom. The Morgan fingerprint density at radius 3 is 2.48 bits per heavy atom. The zero-order valence-corrected chi connectivity index (χ0v) is 16.7. The van der Waals surface area contributed by atoms with Crippen molar-refractivity contribution in [3.63, 3.8) is 0 Å². The highest BCUT2D eigenvalue weighted by Gasteiger charge is 2.15. The third-order valence-electron chi connectivity index (χ3n) is 5.51. The predicted molar refractivity (Wildman–Crippen MR) is 115 cm³/mol. The second-order valence-corrected chi connectivity index (χ2v) is 7.60. The van der Waals surface area contributed by atoms with Gasteiger partial charge in [0, 0.05) is 39.8 Å². The van der Waals surface area contributed by atoms with Crippen LogP contribution in [0.15, 0.2) is 47.0 Å². The molecule has 3 heterocycles. The zero-order chi connectivity index (χ0) is 19.8. The molecule has 7 nitrogen and oxygen atoms in total. The molecule has 0 spiro atoms. The largest absolute Gasteiger partial charge is 0.424 e. The molecule has 0 unspecified atom stereocenters. The Hall–Kier alpha value is -3.03. The van der Waals surface area contributed by atoms with E-state index in [1.54, 1.807) is 7.05 Å². The molecular weight excluding hydrogens is 364 g/mol. The second-order valence-electron chi connectivity index (χ2n) is 7.60. The van der Waals surface area contributed by atoms with Crippen LogP contribution in [0.5, 0.6) is 0 Å². The van der Waals surface area contributed by atoms with Crippen molar-refractivity contribution in [1.29, 1.82) is 0 Å². The number of likely N-dealkylation sites (N-methyl/N-ethyl adjacent to an activating group) is 1. The molecule has 1 N–H and O–H groups in total. The van der Waals surface area contributed by atoms with Gasteiger partial charge in [-0.1, -0.05) is 12.1 Å². The maximum Gasteiger partial charge on any atom is 0.295 e. The number of hydrogen-bond donors (Lipinski definition) is 1. The lowest BCUT2D eigenvalue weighted by Crippen LogP contribution is -2.44. The maximum absolute atomic E-state index is 5.62. The first-order valence-electron chi connectivity index (χ1n) is 9.93. The topological polar surface area (TPSA) is 70.3 Å². The summed E-state index contributed by atoms with van der Waals surface area (Å²) in [4.78, 5) is 18.8. The Kier molecular flexibility index (Phi) is 4.61. The third kappa shape index (κ3) is 3.66. The van der Waals surface area contributed by atoms with Crippen LogP contribution < -0.4 is 5.32 Å². The first kappa shape index (κ1) is 18.0. The van der Waals surface area contributed by atoms with Crippen LogP contribution in [0.1, 0.15) is 5.69 Å². The molecule has 4 aromatic rings. The minimum atomic E-state index is 0.523. The van der Waals surface area contributed by atoms with Crippen LogP contribution in [-0.2, 0) is 6.54 Å². The molecular formula is C22H24N6O. The number of aromatic nitrogens is 3. The van der Waals surface area contributed by atoms with Crippen LogP contribution in [-0.4, -0.2) is 65.0 Å². The first-order chi connectivity index (χ1) is 14.2. The molecule has 0 bridgehead atoms. The van der Waals surface area contributed by atoms with Crippen LogP contribution >= 0.6 is 0 Å². The molecule has 1 fully saturated rings. The van der Waals surface area contributed by atoms with E-state index in [-0.39, 0.29) is 0 Å². The summed E-state index contributed by atoms with van der Waals surface area (Å²) in [6.45, 7) is 5.19. The van der Waals surface area contributed by atoms with E-state index in [9.17, 15) is 0 Å². The minimum absolute atomic E-state index is 0.523. The summed E-state index contributed by atoms with van der Waals surface area (Å²) in [5.41, 5.74) is 6.64. The van der Waals surface area contributed by atoms with E-state index < -0.39 is 0 Å². The van der Waals surface area contributed by atoms with Crippen molar-refractivity contribution in [3.05, 3.63) is 48.3 Å². The number of anilines is 1. The van der Waals surface area contributed by atoms with Gasteiger partial charge in [-0.25, -0.2) is 4.98 Å². The molecule has 148 valence electrons. The number of benzene rings is 2. The van der Waals surface area contributed by atoms with Gasteiger partial charge in [-0.3, -0.25) is 9.88 Å². The van der Waals surface area contributed by atoms with Gasteiger partial charge >= 0.3 is 0 Å². The average molecular weight is 388 g/mol. The van der Waals surface area contributed by atoms with Crippen LogP contribution in [0, 0.1) is 0 Å². The molecule has 1 aliphatic heterocycles. The van der Waals surface area contributed by atoms with Gasteiger partial charge < -0.3 is 14.6 Å². The van der Waals surface area contributed by atoms with Crippen molar-refractivity contribution < 1.29 is 4.42 Å². The van der Waals surface area contributed by atoms with Gasteiger partial charge in [0.15, 0.2) is 5.58 Å². The lowest BCUT2D eigenvalue weighted by atomic mass is 10.0. The van der Waals surface area contributed by atoms with Gasteiger partial charge in [0.2, 0.25) is 0 Å². The fraction of sp³-hybridized carbons (Fsp3) is 0.318. The van der Waals surface area contributed by atoms with E-state index in [4.69, 9.17) is 9.40 Å². The first-order valence-corrected chi connectivity index (χ1v) is 9.93. The third-order valence-corrected chi connectivity index (χ3v) is 5.51. The van der Waals surface area contributed by atoms with Crippen molar-refractivity contribution >= 4 is 28.1 Å². The lowest BCUT2D eigenvalue weighted by molar-refractivity contribution is 0.147. The number of nitrogens with zero attached hydrogens (tertiary/aromatic N) is 5. The van der Waals surface area contributed by atoms with Crippen LogP contribution in [0.3, 0.4) is 0 Å². The number of oxazole rings is 1. The number of hydrogen-bond acceptors (Lipinski definition) is 7. The Balaban J connectivity index is 1.44. The van der Waals surface area contributed by atoms with E-state index in [0.29, 0.717) is 6.01 Å². The molecule has 0 amide bonds. The summed E-state index contributed by atoms with van der Waals surface area (Å²) in [7, 11) is 3.97. The summed E-state index contributed by atoms with van der Waals surface area (Å²) in [6.07, 6.45) is 1.90. The lowest BCUT2D eigenvalue weighted by Gasteiger charge is -2.31. The summed E-state index contributed by atoms with van der Waals surface area (Å²) < 4.78 is 5.62. The molecule has 7 heteroatoms. The fourth-order valence-corrected chi connectivity index (χ4v) is 3.75. The van der Waals surface area contributed by atoms with Gasteiger partial charge in [-0.05, 0) is 42.4 Å². The number of piperazine rings is 1. The minimum Gasteiger partial charge on any atom is -0.424 e. The molecule has 2 aromatic heterocycles. The van der Waals surface area contributed by atoms with Crippen molar-refractivity contribution in [2.45, 2.75) is 6.54 Å². The van der Waals surface area contributed by atoms with Crippen molar-refractivity contribution in [1.82, 2.24) is 24.8 Å². The quantitative estimate of drug-likeness (QED) is 0.575. The molecule has 0 saturated carbocycles. The molecule has 0 radical (unpaired) electrons. The van der Waals surface area contributed by atoms with E-state index in [1.807, 2.05) is 24.4 Å². The summed E-state index contributed by atoms with van der Waals surface area (Å²) >= 11 is 0. The molecule has 2 aromatic carbocycles. The van der Waals surface area contributed by atoms with Crippen molar-refractivity contribution in [3.8, 4) is 11.1 Å². The maximum atomic E-state index is 5.62. The van der Waals surface area contributed by atoms with Gasteiger partial charge in [-0.15, -0.1) is 0 Å². The fourth-order valence-electron chi connectivity index (χ4n) is 3.75. The van der Waals surface area contributed by atoms with Gasteiger partial charge in [0.05, 0.1) is 22.9 Å². The van der Waals surface area contributed by atoms with Crippen molar-refractivity contribution in [2.24, 2.45) is 0 Å². The Labute approximate surface area is 169 Å². The summed E-state index contributed by atoms with van der Waals surface area (Å²) in [5.74, 6) is 0. The van der Waals surface area contributed by atoms with Crippen LogP contribution in [0.4, 0.5) is 6.01 Å². The monoisotopic (exact) mass is 388 g/mol. The molecule has 0 aliphatic carbocycles. The number of rotatable bonds is 4. The number of fused-ring (bicyclic) bond motifs is 2. The summed E-state index contributed by atoms with van der Waals surface area (Å²) in [5, 5.41) is 2.94. The van der Waals surface area contributed by atoms with E-state index in [2.05, 4.69) is 50.3 Å². The number of nitrogens with one attached hydrogen (secondary N) is 1. The smallest absolute Gasteiger partial charge is 0.295 e. The SMILES string of the molecule is CNc1nc2cc(-c3ccc4ncc(CN5CCN(C)CC5)nc4c3)ccc2o1. The molecule has 0 atom stereocenters. The summed E-state index contributed by atoms with van der Waals surface area (Å²) in [6, 6.07) is 12.8. The standard InChI is InChI=1S/C22H24N6O/c1-23-22-26-20-12-16(4-6-21(20)29-22)15-3-5-18-19(11-15)25-17(13-24-18)14-28-9-7-27(2)8-10-28/h3-6,11-13H,7-10,14H2,1-2H3,(H,23,26). The highest BCUT2D eigenvalue weighted by molar-refractivity contribution is 5.85. The van der Waals surface area contributed by atoms with E-state index >= 15 is 0 Å². The van der Waals surface area contributed by atoms with Crippen molar-refractivity contribution in [2.75, 3.05) is 45.6 Å². The molecule has 29 heavy (non-hydrogen) atoms. The van der Waals surface area contributed by atoms with Gasteiger partial charge in [0.1, 0.15) is 5.52 Å².